The number of nitrogens with zero attached hydrogens (tertiary/aromatic N) is 1. The lowest BCUT2D eigenvalue weighted by Gasteiger charge is -2.24. The number of aryl methyl sites for hydroxylation is 1. The van der Waals surface area contributed by atoms with E-state index in [0.717, 1.165) is 16.7 Å². The predicted molar refractivity (Wildman–Crippen MR) is 97.3 cm³/mol. The molecule has 0 aliphatic heterocycles. The summed E-state index contributed by atoms with van der Waals surface area (Å²) in [6.07, 6.45) is 0. The smallest absolute Gasteiger partial charge is 0.242 e. The predicted octanol–water partition coefficient (Wildman–Crippen LogP) is 1.56. The van der Waals surface area contributed by atoms with Crippen LogP contribution in [0, 0.1) is 6.92 Å². The first-order valence-electron chi connectivity index (χ1n) is 7.81. The lowest BCUT2D eigenvalue weighted by molar-refractivity contribution is -0.125. The fourth-order valence-corrected chi connectivity index (χ4v) is 3.03. The molecule has 0 aliphatic rings. The molecule has 0 unspecified atom stereocenters. The summed E-state index contributed by atoms with van der Waals surface area (Å²) in [7, 11) is -0.00475. The van der Waals surface area contributed by atoms with Crippen molar-refractivity contribution in [2.45, 2.75) is 24.4 Å². The summed E-state index contributed by atoms with van der Waals surface area (Å²) in [4.78, 5) is 14.5. The minimum Gasteiger partial charge on any atom is -0.350 e. The number of hydrogen-bond donors (Lipinski definition) is 2. The zero-order valence-corrected chi connectivity index (χ0v) is 15.4. The third-order valence-electron chi connectivity index (χ3n) is 3.88. The number of primary sulfonamides is 1. The van der Waals surface area contributed by atoms with Crippen LogP contribution in [0.25, 0.3) is 0 Å². The minimum atomic E-state index is -3.71. The molecule has 0 saturated carbocycles. The van der Waals surface area contributed by atoms with Crippen molar-refractivity contribution in [1.29, 1.82) is 0 Å². The Balaban J connectivity index is 2.07. The molecule has 2 aromatic rings. The van der Waals surface area contributed by atoms with Crippen molar-refractivity contribution < 1.29 is 13.2 Å². The highest BCUT2D eigenvalue weighted by Crippen LogP contribution is 2.19. The normalized spacial score (nSPS) is 12.8. The van der Waals surface area contributed by atoms with Gasteiger partial charge >= 0.3 is 0 Å². The van der Waals surface area contributed by atoms with E-state index in [1.165, 1.54) is 12.1 Å². The first-order chi connectivity index (χ1) is 11.7. The number of hydrogen-bond acceptors (Lipinski definition) is 4. The number of likely N-dealkylation sites (N-methyl/N-ethyl adjacent to an activating group) is 1. The zero-order chi connectivity index (χ0) is 18.6. The molecule has 2 aromatic carbocycles. The first kappa shape index (κ1) is 19.1. The molecule has 0 radical (unpaired) electrons. The third-order valence-corrected chi connectivity index (χ3v) is 4.81. The van der Waals surface area contributed by atoms with Gasteiger partial charge < -0.3 is 5.32 Å². The quantitative estimate of drug-likeness (QED) is 0.817. The van der Waals surface area contributed by atoms with Crippen molar-refractivity contribution in [1.82, 2.24) is 10.2 Å². The molecule has 0 aromatic heterocycles. The summed E-state index contributed by atoms with van der Waals surface area (Å²) in [5.74, 6) is -0.121. The summed E-state index contributed by atoms with van der Waals surface area (Å²) in [5.41, 5.74) is 2.84. The topological polar surface area (TPSA) is 92.5 Å². The van der Waals surface area contributed by atoms with Crippen LogP contribution in [0.4, 0.5) is 0 Å². The molecule has 1 atom stereocenters. The average molecular weight is 361 g/mol. The molecule has 134 valence electrons. The molecule has 0 heterocycles. The van der Waals surface area contributed by atoms with Gasteiger partial charge in [0.25, 0.3) is 0 Å². The van der Waals surface area contributed by atoms with Gasteiger partial charge in [-0.3, -0.25) is 9.69 Å². The van der Waals surface area contributed by atoms with E-state index in [4.69, 9.17) is 5.14 Å². The molecule has 0 aliphatic carbocycles. The molecule has 0 spiro atoms. The SMILES string of the molecule is Cc1ccc([C@H](C(=O)NCc2ccc(S(N)(=O)=O)cc2)N(C)C)cc1. The second-order valence-corrected chi connectivity index (χ2v) is 7.75. The summed E-state index contributed by atoms with van der Waals surface area (Å²) in [5, 5.41) is 7.96. The van der Waals surface area contributed by atoms with E-state index >= 15 is 0 Å². The Morgan fingerprint density at radius 3 is 2.12 bits per heavy atom. The number of amides is 1. The Labute approximate surface area is 148 Å². The van der Waals surface area contributed by atoms with E-state index in [1.807, 2.05) is 50.2 Å². The van der Waals surface area contributed by atoms with Gasteiger partial charge in [0.2, 0.25) is 15.9 Å². The fraction of sp³-hybridized carbons (Fsp3) is 0.278. The monoisotopic (exact) mass is 361 g/mol. The zero-order valence-electron chi connectivity index (χ0n) is 14.6. The number of nitrogens with two attached hydrogens (primary N) is 1. The van der Waals surface area contributed by atoms with Gasteiger partial charge in [0, 0.05) is 6.54 Å². The van der Waals surface area contributed by atoms with Crippen LogP contribution in [0.3, 0.4) is 0 Å². The summed E-state index contributed by atoms with van der Waals surface area (Å²) in [6, 6.07) is 13.6. The molecule has 7 heteroatoms. The van der Waals surface area contributed by atoms with E-state index < -0.39 is 16.1 Å². The van der Waals surface area contributed by atoms with Crippen molar-refractivity contribution in [2.24, 2.45) is 5.14 Å². The van der Waals surface area contributed by atoms with Crippen LogP contribution in [0.2, 0.25) is 0 Å². The maximum atomic E-state index is 12.6. The number of sulfonamides is 1. The van der Waals surface area contributed by atoms with E-state index in [9.17, 15) is 13.2 Å². The Morgan fingerprint density at radius 2 is 1.64 bits per heavy atom. The largest absolute Gasteiger partial charge is 0.350 e. The van der Waals surface area contributed by atoms with Gasteiger partial charge in [-0.25, -0.2) is 13.6 Å². The van der Waals surface area contributed by atoms with Crippen molar-refractivity contribution in [3.05, 3.63) is 65.2 Å². The van der Waals surface area contributed by atoms with E-state index in [0.29, 0.717) is 6.54 Å². The lowest BCUT2D eigenvalue weighted by atomic mass is 10.0. The molecular formula is C18H23N3O3S. The fourth-order valence-electron chi connectivity index (χ4n) is 2.52. The minimum absolute atomic E-state index is 0.0494. The summed E-state index contributed by atoms with van der Waals surface area (Å²) >= 11 is 0. The van der Waals surface area contributed by atoms with E-state index in [-0.39, 0.29) is 10.8 Å². The molecular weight excluding hydrogens is 338 g/mol. The summed E-state index contributed by atoms with van der Waals surface area (Å²) < 4.78 is 22.5. The highest BCUT2D eigenvalue weighted by atomic mass is 32.2. The number of benzene rings is 2. The number of nitrogens with one attached hydrogen (secondary N) is 1. The second-order valence-electron chi connectivity index (χ2n) is 6.18. The van der Waals surface area contributed by atoms with Crippen molar-refractivity contribution in [3.8, 4) is 0 Å². The third kappa shape index (κ3) is 5.12. The molecule has 3 N–H and O–H groups in total. The standard InChI is InChI=1S/C18H23N3O3S/c1-13-4-8-15(9-5-13)17(21(2)3)18(22)20-12-14-6-10-16(11-7-14)25(19,23)24/h4-11,17H,12H2,1-3H3,(H,20,22)(H2,19,23,24)/t17-/m1/s1. The number of carbonyl (C=O) groups is 1. The Morgan fingerprint density at radius 1 is 1.08 bits per heavy atom. The van der Waals surface area contributed by atoms with Gasteiger partial charge in [0.05, 0.1) is 4.90 Å². The van der Waals surface area contributed by atoms with Crippen LogP contribution in [-0.4, -0.2) is 33.3 Å². The molecule has 1 amide bonds. The van der Waals surface area contributed by atoms with Crippen LogP contribution in [0.5, 0.6) is 0 Å². The van der Waals surface area contributed by atoms with Crippen LogP contribution in [0.15, 0.2) is 53.4 Å². The van der Waals surface area contributed by atoms with E-state index in [1.54, 1.807) is 12.1 Å². The van der Waals surface area contributed by atoms with Crippen molar-refractivity contribution in [3.63, 3.8) is 0 Å². The lowest BCUT2D eigenvalue weighted by Crippen LogP contribution is -2.36. The first-order valence-corrected chi connectivity index (χ1v) is 9.35. The highest BCUT2D eigenvalue weighted by Gasteiger charge is 2.22. The van der Waals surface area contributed by atoms with Gasteiger partial charge in [-0.2, -0.15) is 0 Å². The highest BCUT2D eigenvalue weighted by molar-refractivity contribution is 7.89. The molecule has 0 fully saturated rings. The van der Waals surface area contributed by atoms with Gasteiger partial charge in [0.1, 0.15) is 6.04 Å². The van der Waals surface area contributed by atoms with Gasteiger partial charge in [-0.15, -0.1) is 0 Å². The van der Waals surface area contributed by atoms with Crippen LogP contribution < -0.4 is 10.5 Å². The molecule has 6 nitrogen and oxygen atoms in total. The molecule has 0 bridgehead atoms. The van der Waals surface area contributed by atoms with Gasteiger partial charge in [-0.1, -0.05) is 42.0 Å². The van der Waals surface area contributed by atoms with E-state index in [2.05, 4.69) is 5.32 Å². The van der Waals surface area contributed by atoms with Gasteiger partial charge in [-0.05, 0) is 44.3 Å². The number of carbonyl (C=O) groups excluding carboxylic acids is 1. The maximum Gasteiger partial charge on any atom is 0.242 e. The average Bonchev–Trinajstić information content (AvgIpc) is 2.54. The Bertz CT molecular complexity index is 829. The molecule has 25 heavy (non-hydrogen) atoms. The second kappa shape index (κ2) is 7.77. The van der Waals surface area contributed by atoms with Crippen molar-refractivity contribution in [2.75, 3.05) is 14.1 Å². The number of rotatable bonds is 6. The molecule has 2 rings (SSSR count). The van der Waals surface area contributed by atoms with Crippen LogP contribution in [-0.2, 0) is 21.4 Å². The van der Waals surface area contributed by atoms with Crippen molar-refractivity contribution >= 4 is 15.9 Å². The Kier molecular flexibility index (Phi) is 5.94. The maximum absolute atomic E-state index is 12.6. The Hall–Kier alpha value is -2.22. The summed E-state index contributed by atoms with van der Waals surface area (Å²) in [6.45, 7) is 2.31. The molecule has 0 saturated heterocycles. The van der Waals surface area contributed by atoms with Gasteiger partial charge in [0.15, 0.2) is 0 Å². The van der Waals surface area contributed by atoms with Crippen LogP contribution >= 0.6 is 0 Å². The van der Waals surface area contributed by atoms with Crippen LogP contribution in [0.1, 0.15) is 22.7 Å².